The van der Waals surface area contributed by atoms with E-state index in [1.165, 1.54) is 24.6 Å². The molecule has 1 aliphatic carbocycles. The van der Waals surface area contributed by atoms with Crippen molar-refractivity contribution in [2.45, 2.75) is 57.6 Å². The van der Waals surface area contributed by atoms with E-state index in [0.717, 1.165) is 38.7 Å². The number of ether oxygens (including phenoxy) is 1. The van der Waals surface area contributed by atoms with Crippen molar-refractivity contribution in [3.63, 3.8) is 0 Å². The highest BCUT2D eigenvalue weighted by atomic mass is 32.1. The van der Waals surface area contributed by atoms with Gasteiger partial charge in [-0.25, -0.2) is 0 Å². The highest BCUT2D eigenvalue weighted by Gasteiger charge is 2.15. The number of aliphatic imine (C=N–C) groups is 1. The first kappa shape index (κ1) is 18.1. The fourth-order valence-corrected chi connectivity index (χ4v) is 3.61. The Balaban J connectivity index is 1.74. The lowest BCUT2D eigenvalue weighted by Crippen LogP contribution is -2.19. The van der Waals surface area contributed by atoms with Gasteiger partial charge in [0.2, 0.25) is 5.88 Å². The van der Waals surface area contributed by atoms with Crippen LogP contribution in [0.1, 0.15) is 50.5 Å². The van der Waals surface area contributed by atoms with E-state index in [4.69, 9.17) is 17.0 Å². The molecule has 0 unspecified atom stereocenters. The van der Waals surface area contributed by atoms with Crippen LogP contribution < -0.4 is 5.56 Å². The van der Waals surface area contributed by atoms with Crippen LogP contribution in [0.3, 0.4) is 0 Å². The molecule has 0 radical (unpaired) electrons. The average Bonchev–Trinajstić information content (AvgIpc) is 3.12. The molecule has 1 aromatic heterocycles. The number of aromatic amines is 1. The summed E-state index contributed by atoms with van der Waals surface area (Å²) in [7, 11) is 0. The quantitative estimate of drug-likeness (QED) is 0.462. The van der Waals surface area contributed by atoms with Gasteiger partial charge in [0.25, 0.3) is 5.56 Å². The van der Waals surface area contributed by atoms with Crippen LogP contribution >= 0.6 is 12.2 Å². The third-order valence-corrected chi connectivity index (χ3v) is 5.12. The van der Waals surface area contributed by atoms with Crippen LogP contribution in [0.2, 0.25) is 0 Å². The Hall–Kier alpha value is -1.73. The van der Waals surface area contributed by atoms with Crippen LogP contribution in [0.5, 0.6) is 5.88 Å². The van der Waals surface area contributed by atoms with Gasteiger partial charge in [0, 0.05) is 19.4 Å². The zero-order valence-electron chi connectivity index (χ0n) is 14.4. The zero-order chi connectivity index (χ0) is 17.6. The Morgan fingerprint density at radius 2 is 2.32 bits per heavy atom. The minimum Gasteiger partial charge on any atom is -0.494 e. The van der Waals surface area contributed by atoms with Crippen molar-refractivity contribution in [1.29, 1.82) is 0 Å². The van der Waals surface area contributed by atoms with E-state index in [1.807, 2.05) is 0 Å². The van der Waals surface area contributed by atoms with E-state index in [0.29, 0.717) is 13.1 Å². The Kier molecular flexibility index (Phi) is 6.20. The van der Waals surface area contributed by atoms with Crippen LogP contribution in [-0.2, 0) is 11.3 Å². The largest absolute Gasteiger partial charge is 0.494 e. The highest BCUT2D eigenvalue weighted by Crippen LogP contribution is 2.22. The number of aromatic hydroxyl groups is 1. The summed E-state index contributed by atoms with van der Waals surface area (Å²) in [5.41, 5.74) is 1.14. The number of nitrogens with one attached hydrogen (secondary N) is 1. The molecule has 1 atom stereocenters. The predicted molar refractivity (Wildman–Crippen MR) is 100 cm³/mol. The molecule has 25 heavy (non-hydrogen) atoms. The number of H-pyrrole nitrogens is 1. The number of hydrogen-bond donors (Lipinski definition) is 2. The first-order chi connectivity index (χ1) is 12.1. The van der Waals surface area contributed by atoms with Gasteiger partial charge in [0.15, 0.2) is 4.77 Å². The molecule has 2 heterocycles. The molecule has 0 amide bonds. The summed E-state index contributed by atoms with van der Waals surface area (Å²) in [6, 6.07) is 0. The fourth-order valence-electron chi connectivity index (χ4n) is 3.34. The molecule has 6 nitrogen and oxygen atoms in total. The highest BCUT2D eigenvalue weighted by molar-refractivity contribution is 7.71. The summed E-state index contributed by atoms with van der Waals surface area (Å²) in [5.74, 6) is -0.110. The Labute approximate surface area is 152 Å². The lowest BCUT2D eigenvalue weighted by Gasteiger charge is -2.15. The number of hydrogen-bond acceptors (Lipinski definition) is 5. The summed E-state index contributed by atoms with van der Waals surface area (Å²) in [4.78, 5) is 19.0. The molecule has 2 N–H and O–H groups in total. The minimum absolute atomic E-state index is 0.110. The van der Waals surface area contributed by atoms with Crippen LogP contribution in [0.25, 0.3) is 0 Å². The monoisotopic (exact) mass is 363 g/mol. The molecule has 1 fully saturated rings. The number of aromatic nitrogens is 2. The van der Waals surface area contributed by atoms with E-state index >= 15 is 0 Å². The van der Waals surface area contributed by atoms with E-state index in [2.05, 4.69) is 16.1 Å². The number of rotatable bonds is 6. The van der Waals surface area contributed by atoms with Crippen molar-refractivity contribution >= 4 is 18.4 Å². The minimum atomic E-state index is -0.410. The molecule has 1 aromatic rings. The molecule has 0 bridgehead atoms. The number of allylic oxidation sites excluding steroid dienone is 2. The van der Waals surface area contributed by atoms with Crippen LogP contribution in [0.4, 0.5) is 0 Å². The Morgan fingerprint density at radius 3 is 3.04 bits per heavy atom. The third kappa shape index (κ3) is 4.67. The van der Waals surface area contributed by atoms with Crippen LogP contribution in [-0.4, -0.2) is 40.1 Å². The summed E-state index contributed by atoms with van der Waals surface area (Å²) < 4.78 is 7.34. The normalized spacial score (nSPS) is 21.0. The van der Waals surface area contributed by atoms with Crippen LogP contribution in [0, 0.1) is 4.77 Å². The van der Waals surface area contributed by atoms with Crippen molar-refractivity contribution in [1.82, 2.24) is 9.55 Å². The van der Waals surface area contributed by atoms with Crippen molar-refractivity contribution in [2.75, 3.05) is 13.2 Å². The smallest absolute Gasteiger partial charge is 0.264 e. The SMILES string of the molecule is O=c1[nH]c(=S)n(CCC2=CCCCC2)c(O)c1C=NC[C@H]1CCCO1. The average molecular weight is 363 g/mol. The summed E-state index contributed by atoms with van der Waals surface area (Å²) in [5, 5.41) is 10.5. The third-order valence-electron chi connectivity index (χ3n) is 4.80. The maximum Gasteiger partial charge on any atom is 0.264 e. The molecular weight excluding hydrogens is 338 g/mol. The second kappa shape index (κ2) is 8.58. The molecule has 1 aliphatic heterocycles. The second-order valence-electron chi connectivity index (χ2n) is 6.64. The lowest BCUT2D eigenvalue weighted by molar-refractivity contribution is 0.118. The fraction of sp³-hybridized carbons (Fsp3) is 0.611. The lowest BCUT2D eigenvalue weighted by atomic mass is 9.97. The van der Waals surface area contributed by atoms with Crippen molar-refractivity contribution in [3.05, 3.63) is 32.3 Å². The van der Waals surface area contributed by atoms with Gasteiger partial charge in [-0.2, -0.15) is 0 Å². The molecule has 2 aliphatic rings. The van der Waals surface area contributed by atoms with Crippen molar-refractivity contribution < 1.29 is 9.84 Å². The van der Waals surface area contributed by atoms with Gasteiger partial charge in [-0.3, -0.25) is 19.3 Å². The van der Waals surface area contributed by atoms with Gasteiger partial charge in [0.05, 0.1) is 12.6 Å². The number of nitrogens with zero attached hydrogens (tertiary/aromatic N) is 2. The molecule has 0 spiro atoms. The van der Waals surface area contributed by atoms with Gasteiger partial charge >= 0.3 is 0 Å². The first-order valence-electron chi connectivity index (χ1n) is 9.00. The summed E-state index contributed by atoms with van der Waals surface area (Å²) >= 11 is 5.22. The van der Waals surface area contributed by atoms with Gasteiger partial charge in [-0.15, -0.1) is 0 Å². The zero-order valence-corrected chi connectivity index (χ0v) is 15.2. The molecule has 1 saturated heterocycles. The van der Waals surface area contributed by atoms with E-state index in [1.54, 1.807) is 4.57 Å². The van der Waals surface area contributed by atoms with E-state index in [-0.39, 0.29) is 22.3 Å². The van der Waals surface area contributed by atoms with Gasteiger partial charge in [0.1, 0.15) is 5.56 Å². The molecule has 136 valence electrons. The maximum absolute atomic E-state index is 12.1. The predicted octanol–water partition coefficient (Wildman–Crippen LogP) is 3.10. The maximum atomic E-state index is 12.1. The molecule has 0 aromatic carbocycles. The van der Waals surface area contributed by atoms with E-state index in [9.17, 15) is 9.90 Å². The second-order valence-corrected chi connectivity index (χ2v) is 7.02. The Bertz CT molecular complexity index is 773. The summed E-state index contributed by atoms with van der Waals surface area (Å²) in [6.07, 6.45) is 11.4. The van der Waals surface area contributed by atoms with Gasteiger partial charge in [-0.05, 0) is 57.2 Å². The Morgan fingerprint density at radius 1 is 1.44 bits per heavy atom. The molecule has 3 rings (SSSR count). The molecular formula is C18H25N3O3S. The van der Waals surface area contributed by atoms with Crippen molar-refractivity contribution in [2.24, 2.45) is 4.99 Å². The first-order valence-corrected chi connectivity index (χ1v) is 9.41. The van der Waals surface area contributed by atoms with Gasteiger partial charge < -0.3 is 9.84 Å². The standard InChI is InChI=1S/C18H25N3O3S/c22-16-15(12-19-11-14-7-4-10-24-14)17(23)21(18(25)20-16)9-8-13-5-2-1-3-6-13/h5,12,14,23H,1-4,6-11H2,(H,20,22,25)/t14-/m1/s1. The summed E-state index contributed by atoms with van der Waals surface area (Å²) in [6.45, 7) is 1.83. The van der Waals surface area contributed by atoms with Crippen molar-refractivity contribution in [3.8, 4) is 5.88 Å². The molecule has 0 saturated carbocycles. The van der Waals surface area contributed by atoms with Crippen LogP contribution in [0.15, 0.2) is 21.4 Å². The van der Waals surface area contributed by atoms with E-state index < -0.39 is 5.56 Å². The topological polar surface area (TPSA) is 79.6 Å². The molecule has 7 heteroatoms. The van der Waals surface area contributed by atoms with Gasteiger partial charge in [-0.1, -0.05) is 11.6 Å².